The third-order valence-electron chi connectivity index (χ3n) is 4.77. The van der Waals surface area contributed by atoms with Gasteiger partial charge in [0.25, 0.3) is 0 Å². The molecule has 1 aromatic rings. The summed E-state index contributed by atoms with van der Waals surface area (Å²) in [4.78, 5) is 9.00. The Labute approximate surface area is 180 Å². The highest BCUT2D eigenvalue weighted by Gasteiger charge is 2.26. The molecule has 0 radical (unpaired) electrons. The van der Waals surface area contributed by atoms with Crippen molar-refractivity contribution in [3.05, 3.63) is 18.0 Å². The molecule has 0 saturated carbocycles. The van der Waals surface area contributed by atoms with E-state index in [4.69, 9.17) is 9.47 Å². The van der Waals surface area contributed by atoms with Crippen LogP contribution in [0.1, 0.15) is 18.0 Å². The molecule has 156 valence electrons. The maximum atomic E-state index is 5.68. The van der Waals surface area contributed by atoms with Crippen molar-refractivity contribution in [1.29, 1.82) is 0 Å². The molecule has 2 rings (SSSR count). The number of nitrogens with one attached hydrogen (secondary N) is 1. The van der Waals surface area contributed by atoms with E-state index in [1.165, 1.54) is 5.56 Å². The van der Waals surface area contributed by atoms with Crippen LogP contribution in [0.4, 0.5) is 0 Å². The van der Waals surface area contributed by atoms with Crippen molar-refractivity contribution in [2.45, 2.75) is 12.5 Å². The maximum absolute atomic E-state index is 5.68. The number of likely N-dealkylation sites (N-methyl/N-ethyl adjacent to an activating group) is 1. The molecule has 2 atom stereocenters. The molecule has 1 aliphatic heterocycles. The molecular formula is C18H35IN6O2. The average Bonchev–Trinajstić information content (AvgIpc) is 3.24. The lowest BCUT2D eigenvalue weighted by molar-refractivity contribution is 0.0536. The van der Waals surface area contributed by atoms with Gasteiger partial charge in [-0.2, -0.15) is 5.10 Å². The van der Waals surface area contributed by atoms with E-state index in [0.717, 1.165) is 38.6 Å². The van der Waals surface area contributed by atoms with Crippen LogP contribution < -0.4 is 5.32 Å². The summed E-state index contributed by atoms with van der Waals surface area (Å²) in [6.07, 6.45) is 5.13. The summed E-state index contributed by atoms with van der Waals surface area (Å²) in [7, 11) is 9.67. The average molecular weight is 494 g/mol. The molecule has 1 aromatic heterocycles. The molecule has 0 amide bonds. The van der Waals surface area contributed by atoms with Crippen LogP contribution in [0.3, 0.4) is 0 Å². The molecule has 1 aliphatic rings. The first-order chi connectivity index (χ1) is 12.5. The minimum Gasteiger partial charge on any atom is -0.382 e. The van der Waals surface area contributed by atoms with Gasteiger partial charge in [-0.05, 0) is 20.5 Å². The molecular weight excluding hydrogens is 459 g/mol. The fourth-order valence-electron chi connectivity index (χ4n) is 3.28. The van der Waals surface area contributed by atoms with Gasteiger partial charge in [0.15, 0.2) is 5.96 Å². The van der Waals surface area contributed by atoms with Crippen LogP contribution >= 0.6 is 24.0 Å². The lowest BCUT2D eigenvalue weighted by Gasteiger charge is -2.27. The fraction of sp³-hybridized carbons (Fsp3) is 0.778. The Balaban J connectivity index is 0.00000364. The van der Waals surface area contributed by atoms with E-state index < -0.39 is 0 Å². The van der Waals surface area contributed by atoms with Crippen LogP contribution in [-0.2, 0) is 16.5 Å². The van der Waals surface area contributed by atoms with E-state index in [1.54, 1.807) is 7.11 Å². The van der Waals surface area contributed by atoms with Gasteiger partial charge in [-0.25, -0.2) is 0 Å². The van der Waals surface area contributed by atoms with Gasteiger partial charge in [0, 0.05) is 58.5 Å². The third kappa shape index (κ3) is 7.55. The Hall–Kier alpha value is -0.910. The number of likely N-dealkylation sites (tertiary alicyclic amines) is 1. The lowest BCUT2D eigenvalue weighted by Crippen LogP contribution is -2.43. The molecule has 9 heteroatoms. The number of aliphatic imine (C=N–C) groups is 1. The van der Waals surface area contributed by atoms with Crippen molar-refractivity contribution in [3.8, 4) is 0 Å². The summed E-state index contributed by atoms with van der Waals surface area (Å²) in [6, 6.07) is 0.247. The first-order valence-corrected chi connectivity index (χ1v) is 9.22. The minimum atomic E-state index is 0. The van der Waals surface area contributed by atoms with E-state index in [9.17, 15) is 0 Å². The molecule has 1 fully saturated rings. The molecule has 2 unspecified atom stereocenters. The molecule has 0 spiro atoms. The summed E-state index contributed by atoms with van der Waals surface area (Å²) in [5.41, 5.74) is 1.20. The zero-order valence-corrected chi connectivity index (χ0v) is 19.6. The van der Waals surface area contributed by atoms with Crippen molar-refractivity contribution in [2.24, 2.45) is 18.0 Å². The number of hydrogen-bond acceptors (Lipinski definition) is 5. The molecule has 1 saturated heterocycles. The Morgan fingerprint density at radius 3 is 2.81 bits per heavy atom. The number of nitrogens with zero attached hydrogens (tertiary/aromatic N) is 5. The van der Waals surface area contributed by atoms with Crippen molar-refractivity contribution in [2.75, 3.05) is 67.7 Å². The van der Waals surface area contributed by atoms with Crippen molar-refractivity contribution in [1.82, 2.24) is 24.9 Å². The van der Waals surface area contributed by atoms with Gasteiger partial charge < -0.3 is 24.6 Å². The van der Waals surface area contributed by atoms with E-state index in [2.05, 4.69) is 45.5 Å². The molecule has 0 aliphatic carbocycles. The monoisotopic (exact) mass is 494 g/mol. The second-order valence-corrected chi connectivity index (χ2v) is 7.02. The number of aryl methyl sites for hydroxylation is 1. The SMILES string of the molecule is CN=C(NCC(c1cnn(C)c1)N(C)C)N1CCC(COCCOC)C1.I. The van der Waals surface area contributed by atoms with Crippen LogP contribution in [-0.4, -0.2) is 93.2 Å². The topological polar surface area (TPSA) is 67.2 Å². The standard InChI is InChI=1S/C18H34N6O2.HI/c1-19-18(24-7-6-15(12-24)14-26-9-8-25-5)20-11-17(22(2)3)16-10-21-23(4)13-16;/h10,13,15,17H,6-9,11-12,14H2,1-5H3,(H,19,20);1H. The zero-order valence-electron chi connectivity index (χ0n) is 17.2. The second kappa shape index (κ2) is 12.5. The van der Waals surface area contributed by atoms with E-state index in [1.807, 2.05) is 25.0 Å². The van der Waals surface area contributed by atoms with Gasteiger partial charge >= 0.3 is 0 Å². The second-order valence-electron chi connectivity index (χ2n) is 7.02. The Kier molecular flexibility index (Phi) is 11.2. The highest BCUT2D eigenvalue weighted by atomic mass is 127. The quantitative estimate of drug-likeness (QED) is 0.241. The molecule has 8 nitrogen and oxygen atoms in total. The normalized spacial score (nSPS) is 18.7. The van der Waals surface area contributed by atoms with Gasteiger partial charge in [-0.1, -0.05) is 0 Å². The van der Waals surface area contributed by atoms with Crippen molar-refractivity contribution in [3.63, 3.8) is 0 Å². The smallest absolute Gasteiger partial charge is 0.193 e. The summed E-state index contributed by atoms with van der Waals surface area (Å²) < 4.78 is 12.5. The van der Waals surface area contributed by atoms with E-state index in [-0.39, 0.29) is 30.0 Å². The molecule has 0 aromatic carbocycles. The predicted molar refractivity (Wildman–Crippen MR) is 119 cm³/mol. The number of halogens is 1. The summed E-state index contributed by atoms with van der Waals surface area (Å²) in [5, 5.41) is 7.83. The van der Waals surface area contributed by atoms with Gasteiger partial charge in [-0.15, -0.1) is 24.0 Å². The minimum absolute atomic E-state index is 0. The van der Waals surface area contributed by atoms with Gasteiger partial charge in [0.05, 0.1) is 32.1 Å². The Morgan fingerprint density at radius 2 is 2.22 bits per heavy atom. The zero-order chi connectivity index (χ0) is 18.9. The van der Waals surface area contributed by atoms with Crippen LogP contribution in [0.15, 0.2) is 17.4 Å². The molecule has 2 heterocycles. The Bertz CT molecular complexity index is 566. The number of aromatic nitrogens is 2. The van der Waals surface area contributed by atoms with Gasteiger partial charge in [0.2, 0.25) is 0 Å². The van der Waals surface area contributed by atoms with Crippen LogP contribution in [0.2, 0.25) is 0 Å². The highest BCUT2D eigenvalue weighted by Crippen LogP contribution is 2.18. The Morgan fingerprint density at radius 1 is 1.44 bits per heavy atom. The summed E-state index contributed by atoms with van der Waals surface area (Å²) in [6.45, 7) is 4.88. The molecule has 27 heavy (non-hydrogen) atoms. The highest BCUT2D eigenvalue weighted by molar-refractivity contribution is 14.0. The third-order valence-corrected chi connectivity index (χ3v) is 4.77. The lowest BCUT2D eigenvalue weighted by atomic mass is 10.1. The molecule has 0 bridgehead atoms. The van der Waals surface area contributed by atoms with E-state index in [0.29, 0.717) is 19.1 Å². The fourth-order valence-corrected chi connectivity index (χ4v) is 3.28. The number of hydrogen-bond donors (Lipinski definition) is 1. The first-order valence-electron chi connectivity index (χ1n) is 9.22. The predicted octanol–water partition coefficient (Wildman–Crippen LogP) is 1.20. The van der Waals surface area contributed by atoms with Crippen molar-refractivity contribution < 1.29 is 9.47 Å². The number of methoxy groups -OCH3 is 1. The largest absolute Gasteiger partial charge is 0.382 e. The van der Waals surface area contributed by atoms with Crippen molar-refractivity contribution >= 4 is 29.9 Å². The first kappa shape index (κ1) is 24.1. The summed E-state index contributed by atoms with van der Waals surface area (Å²) >= 11 is 0. The van der Waals surface area contributed by atoms with Gasteiger partial charge in [0.1, 0.15) is 0 Å². The van der Waals surface area contributed by atoms with Crippen LogP contribution in [0.5, 0.6) is 0 Å². The van der Waals surface area contributed by atoms with Crippen LogP contribution in [0.25, 0.3) is 0 Å². The van der Waals surface area contributed by atoms with Gasteiger partial charge in [-0.3, -0.25) is 9.67 Å². The number of guanidine groups is 1. The van der Waals surface area contributed by atoms with E-state index >= 15 is 0 Å². The van der Waals surface area contributed by atoms with Crippen LogP contribution in [0, 0.1) is 5.92 Å². The molecule has 1 N–H and O–H groups in total. The summed E-state index contributed by atoms with van der Waals surface area (Å²) in [5.74, 6) is 1.51. The number of ether oxygens (including phenoxy) is 2. The number of rotatable bonds is 9. The maximum Gasteiger partial charge on any atom is 0.193 e.